The SMILES string of the molecule is CCNCc1ccc(F)cc1-c1nccnc1OC. The standard InChI is InChI=1S/C14H16FN3O/c1-3-16-9-10-4-5-11(15)8-12(10)13-14(19-2)18-7-6-17-13/h4-8,16H,3,9H2,1-2H3. The van der Waals surface area contributed by atoms with Gasteiger partial charge in [-0.3, -0.25) is 0 Å². The molecule has 0 saturated carbocycles. The van der Waals surface area contributed by atoms with Crippen molar-refractivity contribution in [2.75, 3.05) is 13.7 Å². The average Bonchev–Trinajstić information content (AvgIpc) is 2.46. The molecule has 5 heteroatoms. The largest absolute Gasteiger partial charge is 0.479 e. The lowest BCUT2D eigenvalue weighted by molar-refractivity contribution is 0.397. The second-order valence-corrected chi connectivity index (χ2v) is 4.00. The van der Waals surface area contributed by atoms with Crippen molar-refractivity contribution >= 4 is 0 Å². The molecule has 0 aliphatic heterocycles. The highest BCUT2D eigenvalue weighted by atomic mass is 19.1. The monoisotopic (exact) mass is 261 g/mol. The first-order chi connectivity index (χ1) is 9.26. The summed E-state index contributed by atoms with van der Waals surface area (Å²) < 4.78 is 18.7. The van der Waals surface area contributed by atoms with E-state index < -0.39 is 0 Å². The molecule has 100 valence electrons. The van der Waals surface area contributed by atoms with Crippen LogP contribution < -0.4 is 10.1 Å². The normalized spacial score (nSPS) is 10.5. The third-order valence-electron chi connectivity index (χ3n) is 2.75. The van der Waals surface area contributed by atoms with Gasteiger partial charge in [0.25, 0.3) is 0 Å². The van der Waals surface area contributed by atoms with E-state index in [1.807, 2.05) is 6.92 Å². The second kappa shape index (κ2) is 6.24. The van der Waals surface area contributed by atoms with Gasteiger partial charge < -0.3 is 10.1 Å². The van der Waals surface area contributed by atoms with Crippen molar-refractivity contribution in [1.29, 1.82) is 0 Å². The number of methoxy groups -OCH3 is 1. The number of hydrogen-bond donors (Lipinski definition) is 1. The molecule has 1 heterocycles. The first kappa shape index (κ1) is 13.4. The summed E-state index contributed by atoms with van der Waals surface area (Å²) in [6.07, 6.45) is 3.12. The van der Waals surface area contributed by atoms with Crippen molar-refractivity contribution in [3.63, 3.8) is 0 Å². The Morgan fingerprint density at radius 3 is 2.79 bits per heavy atom. The fourth-order valence-electron chi connectivity index (χ4n) is 1.84. The maximum absolute atomic E-state index is 13.5. The van der Waals surface area contributed by atoms with Crippen LogP contribution in [0.25, 0.3) is 11.3 Å². The summed E-state index contributed by atoms with van der Waals surface area (Å²) in [5.41, 5.74) is 2.21. The lowest BCUT2D eigenvalue weighted by Gasteiger charge is -2.11. The Labute approximate surface area is 111 Å². The molecule has 0 bridgehead atoms. The minimum absolute atomic E-state index is 0.303. The highest BCUT2D eigenvalue weighted by molar-refractivity contribution is 5.68. The van der Waals surface area contributed by atoms with E-state index in [1.165, 1.54) is 19.2 Å². The topological polar surface area (TPSA) is 47.0 Å². The lowest BCUT2D eigenvalue weighted by Crippen LogP contribution is -2.13. The maximum Gasteiger partial charge on any atom is 0.240 e. The third-order valence-corrected chi connectivity index (χ3v) is 2.75. The molecule has 0 radical (unpaired) electrons. The van der Waals surface area contributed by atoms with Crippen molar-refractivity contribution in [3.05, 3.63) is 42.0 Å². The van der Waals surface area contributed by atoms with Gasteiger partial charge >= 0.3 is 0 Å². The highest BCUT2D eigenvalue weighted by Gasteiger charge is 2.13. The van der Waals surface area contributed by atoms with E-state index in [0.29, 0.717) is 23.7 Å². The van der Waals surface area contributed by atoms with Gasteiger partial charge in [0.15, 0.2) is 0 Å². The average molecular weight is 261 g/mol. The van der Waals surface area contributed by atoms with Crippen molar-refractivity contribution < 1.29 is 9.13 Å². The number of hydrogen-bond acceptors (Lipinski definition) is 4. The Kier molecular flexibility index (Phi) is 4.41. The molecule has 0 atom stereocenters. The van der Waals surface area contributed by atoms with Gasteiger partial charge in [-0.2, -0.15) is 0 Å². The van der Waals surface area contributed by atoms with Gasteiger partial charge in [-0.25, -0.2) is 14.4 Å². The summed E-state index contributed by atoms with van der Waals surface area (Å²) in [5.74, 6) is 0.0915. The summed E-state index contributed by atoms with van der Waals surface area (Å²) in [7, 11) is 1.52. The molecular weight excluding hydrogens is 245 g/mol. The van der Waals surface area contributed by atoms with Gasteiger partial charge in [-0.05, 0) is 24.2 Å². The smallest absolute Gasteiger partial charge is 0.240 e. The molecule has 0 spiro atoms. The summed E-state index contributed by atoms with van der Waals surface area (Å²) in [5, 5.41) is 3.22. The van der Waals surface area contributed by atoms with Crippen molar-refractivity contribution in [3.8, 4) is 17.1 Å². The number of halogens is 1. The number of aromatic nitrogens is 2. The molecule has 1 aromatic heterocycles. The first-order valence-electron chi connectivity index (χ1n) is 6.10. The molecule has 0 aliphatic rings. The van der Waals surface area contributed by atoms with Crippen LogP contribution in [0.5, 0.6) is 5.88 Å². The van der Waals surface area contributed by atoms with Crippen LogP contribution in [0.4, 0.5) is 4.39 Å². The van der Waals surface area contributed by atoms with Crippen molar-refractivity contribution in [2.45, 2.75) is 13.5 Å². The molecule has 0 fully saturated rings. The minimum Gasteiger partial charge on any atom is -0.479 e. The van der Waals surface area contributed by atoms with E-state index in [-0.39, 0.29) is 5.82 Å². The molecule has 2 aromatic rings. The number of benzene rings is 1. The van der Waals surface area contributed by atoms with Crippen LogP contribution in [0.15, 0.2) is 30.6 Å². The van der Waals surface area contributed by atoms with Gasteiger partial charge in [0.2, 0.25) is 5.88 Å². The highest BCUT2D eigenvalue weighted by Crippen LogP contribution is 2.29. The van der Waals surface area contributed by atoms with Gasteiger partial charge in [-0.15, -0.1) is 0 Å². The number of ether oxygens (including phenoxy) is 1. The molecule has 1 aromatic carbocycles. The molecule has 1 N–H and O–H groups in total. The van der Waals surface area contributed by atoms with Gasteiger partial charge in [-0.1, -0.05) is 13.0 Å². The second-order valence-electron chi connectivity index (χ2n) is 4.00. The summed E-state index contributed by atoms with van der Waals surface area (Å²) in [6, 6.07) is 4.65. The van der Waals surface area contributed by atoms with E-state index in [4.69, 9.17) is 4.74 Å². The fraction of sp³-hybridized carbons (Fsp3) is 0.286. The molecule has 4 nitrogen and oxygen atoms in total. The van der Waals surface area contributed by atoms with Gasteiger partial charge in [0, 0.05) is 24.5 Å². The molecule has 2 rings (SSSR count). The zero-order chi connectivity index (χ0) is 13.7. The molecular formula is C14H16FN3O. The van der Waals surface area contributed by atoms with Crippen LogP contribution in [-0.4, -0.2) is 23.6 Å². The molecule has 0 aliphatic carbocycles. The van der Waals surface area contributed by atoms with E-state index in [1.54, 1.807) is 18.5 Å². The maximum atomic E-state index is 13.5. The van der Waals surface area contributed by atoms with Gasteiger partial charge in [0.05, 0.1) is 7.11 Å². The molecule has 0 unspecified atom stereocenters. The summed E-state index contributed by atoms with van der Waals surface area (Å²) in [6.45, 7) is 3.51. The molecule has 0 saturated heterocycles. The van der Waals surface area contributed by atoms with Crippen molar-refractivity contribution in [2.24, 2.45) is 0 Å². The first-order valence-corrected chi connectivity index (χ1v) is 6.10. The Morgan fingerprint density at radius 2 is 2.05 bits per heavy atom. The van der Waals surface area contributed by atoms with Crippen LogP contribution in [-0.2, 0) is 6.54 Å². The Hall–Kier alpha value is -2.01. The summed E-state index contributed by atoms with van der Waals surface area (Å²) >= 11 is 0. The lowest BCUT2D eigenvalue weighted by atomic mass is 10.0. The van der Waals surface area contributed by atoms with E-state index in [9.17, 15) is 4.39 Å². The Morgan fingerprint density at radius 1 is 1.26 bits per heavy atom. The van der Waals surface area contributed by atoms with Crippen molar-refractivity contribution in [1.82, 2.24) is 15.3 Å². The van der Waals surface area contributed by atoms with E-state index >= 15 is 0 Å². The zero-order valence-corrected chi connectivity index (χ0v) is 11.0. The number of nitrogens with one attached hydrogen (secondary N) is 1. The fourth-order valence-corrected chi connectivity index (χ4v) is 1.84. The van der Waals surface area contributed by atoms with Crippen LogP contribution >= 0.6 is 0 Å². The van der Waals surface area contributed by atoms with Crippen LogP contribution in [0.2, 0.25) is 0 Å². The molecule has 19 heavy (non-hydrogen) atoms. The van der Waals surface area contributed by atoms with E-state index in [2.05, 4.69) is 15.3 Å². The number of rotatable bonds is 5. The number of nitrogens with zero attached hydrogens (tertiary/aromatic N) is 2. The zero-order valence-electron chi connectivity index (χ0n) is 11.0. The molecule has 0 amide bonds. The summed E-state index contributed by atoms with van der Waals surface area (Å²) in [4.78, 5) is 8.34. The van der Waals surface area contributed by atoms with Crippen LogP contribution in [0.3, 0.4) is 0 Å². The predicted molar refractivity (Wildman–Crippen MR) is 71.4 cm³/mol. The van der Waals surface area contributed by atoms with Crippen LogP contribution in [0.1, 0.15) is 12.5 Å². The Bertz CT molecular complexity index is 560. The third kappa shape index (κ3) is 3.06. The van der Waals surface area contributed by atoms with E-state index in [0.717, 1.165) is 12.1 Å². The minimum atomic E-state index is -0.303. The quantitative estimate of drug-likeness (QED) is 0.897. The predicted octanol–water partition coefficient (Wildman–Crippen LogP) is 2.40. The van der Waals surface area contributed by atoms with Gasteiger partial charge in [0.1, 0.15) is 11.5 Å². The van der Waals surface area contributed by atoms with Crippen LogP contribution in [0, 0.1) is 5.82 Å². The Balaban J connectivity index is 2.49.